The first-order valence-corrected chi connectivity index (χ1v) is 5.88. The molecule has 1 N–H and O–H groups in total. The van der Waals surface area contributed by atoms with Gasteiger partial charge in [0.15, 0.2) is 0 Å². The van der Waals surface area contributed by atoms with Crippen LogP contribution >= 0.6 is 24.0 Å². The molecule has 0 aliphatic carbocycles. The lowest BCUT2D eigenvalue weighted by atomic mass is 10.6. The number of thioether (sulfide) groups is 1. The van der Waals surface area contributed by atoms with Crippen LogP contribution in [0.4, 0.5) is 0 Å². The van der Waals surface area contributed by atoms with Crippen molar-refractivity contribution in [2.24, 2.45) is 14.1 Å². The molecule has 8 heteroatoms. The lowest BCUT2D eigenvalue weighted by Crippen LogP contribution is -2.38. The van der Waals surface area contributed by atoms with Crippen molar-refractivity contribution in [3.8, 4) is 5.88 Å². The van der Waals surface area contributed by atoms with E-state index in [2.05, 4.69) is 0 Å². The molecule has 0 radical (unpaired) electrons. The lowest BCUT2D eigenvalue weighted by molar-refractivity contribution is 0.394. The fourth-order valence-electron chi connectivity index (χ4n) is 1.07. The van der Waals surface area contributed by atoms with Gasteiger partial charge in [-0.25, -0.2) is 4.79 Å². The normalized spacial score (nSPS) is 10.4. The minimum atomic E-state index is -0.576. The summed E-state index contributed by atoms with van der Waals surface area (Å²) < 4.78 is 2.36. The van der Waals surface area contributed by atoms with Crippen molar-refractivity contribution >= 4 is 28.3 Å². The number of rotatable bonds is 1. The Hall–Kier alpha value is -1.28. The van der Waals surface area contributed by atoms with E-state index in [1.165, 1.54) is 14.1 Å². The molecular formula is C9H13N3O3S2. The first kappa shape index (κ1) is 13.8. The van der Waals surface area contributed by atoms with E-state index in [4.69, 9.17) is 12.2 Å². The Kier molecular flexibility index (Phi) is 3.99. The zero-order chi connectivity index (χ0) is 13.3. The van der Waals surface area contributed by atoms with E-state index in [9.17, 15) is 14.7 Å². The number of aromatic hydroxyl groups is 1. The van der Waals surface area contributed by atoms with Gasteiger partial charge in [-0.05, 0) is 11.8 Å². The van der Waals surface area contributed by atoms with Crippen molar-refractivity contribution in [2.45, 2.75) is 4.90 Å². The van der Waals surface area contributed by atoms with Gasteiger partial charge in [0.05, 0.1) is 0 Å². The summed E-state index contributed by atoms with van der Waals surface area (Å²) in [5, 5.41) is 9.76. The van der Waals surface area contributed by atoms with Gasteiger partial charge in [0.25, 0.3) is 5.56 Å². The van der Waals surface area contributed by atoms with Gasteiger partial charge >= 0.3 is 5.69 Å². The fourth-order valence-corrected chi connectivity index (χ4v) is 2.13. The highest BCUT2D eigenvalue weighted by atomic mass is 32.2. The Labute approximate surface area is 107 Å². The summed E-state index contributed by atoms with van der Waals surface area (Å²) in [6.07, 6.45) is 0. The molecule has 0 saturated heterocycles. The molecule has 0 aromatic carbocycles. The number of hydrogen-bond acceptors (Lipinski definition) is 5. The molecule has 17 heavy (non-hydrogen) atoms. The predicted octanol–water partition coefficient (Wildman–Crippen LogP) is -0.272. The zero-order valence-corrected chi connectivity index (χ0v) is 11.6. The van der Waals surface area contributed by atoms with E-state index < -0.39 is 11.2 Å². The van der Waals surface area contributed by atoms with Crippen LogP contribution in [0.5, 0.6) is 5.88 Å². The van der Waals surface area contributed by atoms with Crippen LogP contribution in [0.15, 0.2) is 14.5 Å². The summed E-state index contributed by atoms with van der Waals surface area (Å²) in [5.41, 5.74) is -1.13. The van der Waals surface area contributed by atoms with E-state index in [0.29, 0.717) is 4.32 Å². The van der Waals surface area contributed by atoms with Gasteiger partial charge in [0, 0.05) is 28.2 Å². The third-order valence-electron chi connectivity index (χ3n) is 2.15. The number of thiocarbonyl (C=S) groups is 1. The van der Waals surface area contributed by atoms with Crippen molar-refractivity contribution < 1.29 is 5.11 Å². The summed E-state index contributed by atoms with van der Waals surface area (Å²) in [6.45, 7) is 0. The SMILES string of the molecule is CN(C)C(=S)Sc1c(O)n(C)c(=O)n(C)c1=O. The average molecular weight is 275 g/mol. The minimum Gasteiger partial charge on any atom is -0.493 e. The fraction of sp³-hybridized carbons (Fsp3) is 0.444. The smallest absolute Gasteiger partial charge is 0.333 e. The van der Waals surface area contributed by atoms with E-state index >= 15 is 0 Å². The Morgan fingerprint density at radius 3 is 2.29 bits per heavy atom. The maximum atomic E-state index is 11.8. The highest BCUT2D eigenvalue weighted by Gasteiger charge is 2.17. The first-order valence-electron chi connectivity index (χ1n) is 4.65. The second kappa shape index (κ2) is 4.92. The van der Waals surface area contributed by atoms with Gasteiger partial charge in [0.1, 0.15) is 9.22 Å². The van der Waals surface area contributed by atoms with E-state index in [1.807, 2.05) is 0 Å². The Morgan fingerprint density at radius 1 is 1.29 bits per heavy atom. The molecule has 1 rings (SSSR count). The maximum Gasteiger partial charge on any atom is 0.333 e. The van der Waals surface area contributed by atoms with Gasteiger partial charge in [-0.2, -0.15) is 0 Å². The van der Waals surface area contributed by atoms with Crippen LogP contribution < -0.4 is 11.2 Å². The number of nitrogens with zero attached hydrogens (tertiary/aromatic N) is 3. The summed E-state index contributed by atoms with van der Waals surface area (Å²) in [7, 11) is 6.21. The quantitative estimate of drug-likeness (QED) is 0.562. The minimum absolute atomic E-state index is 0.0494. The number of hydrogen-bond donors (Lipinski definition) is 1. The monoisotopic (exact) mass is 275 g/mol. The molecule has 0 aliphatic rings. The van der Waals surface area contributed by atoms with Crippen molar-refractivity contribution in [2.75, 3.05) is 14.1 Å². The molecule has 0 amide bonds. The average Bonchev–Trinajstić information content (AvgIpc) is 2.29. The Balaban J connectivity index is 3.41. The molecule has 0 fully saturated rings. The highest BCUT2D eigenvalue weighted by Crippen LogP contribution is 2.24. The maximum absolute atomic E-state index is 11.8. The van der Waals surface area contributed by atoms with Crippen LogP contribution in [0.2, 0.25) is 0 Å². The lowest BCUT2D eigenvalue weighted by Gasteiger charge is -2.14. The molecule has 0 unspecified atom stereocenters. The molecule has 0 aliphatic heterocycles. The van der Waals surface area contributed by atoms with Crippen LogP contribution in [0.3, 0.4) is 0 Å². The van der Waals surface area contributed by atoms with Crippen LogP contribution in [0.1, 0.15) is 0 Å². The third kappa shape index (κ3) is 2.52. The van der Waals surface area contributed by atoms with Crippen molar-refractivity contribution in [1.82, 2.24) is 14.0 Å². The highest BCUT2D eigenvalue weighted by molar-refractivity contribution is 8.23. The largest absolute Gasteiger partial charge is 0.493 e. The van der Waals surface area contributed by atoms with Crippen LogP contribution in [-0.2, 0) is 14.1 Å². The van der Waals surface area contributed by atoms with Gasteiger partial charge in [0.2, 0.25) is 5.88 Å². The van der Waals surface area contributed by atoms with Crippen LogP contribution in [-0.4, -0.2) is 37.6 Å². The van der Waals surface area contributed by atoms with Gasteiger partial charge in [-0.1, -0.05) is 12.2 Å². The summed E-state index contributed by atoms with van der Waals surface area (Å²) >= 11 is 6.00. The first-order chi connectivity index (χ1) is 7.77. The van der Waals surface area contributed by atoms with Crippen LogP contribution in [0, 0.1) is 0 Å². The van der Waals surface area contributed by atoms with Crippen LogP contribution in [0.25, 0.3) is 0 Å². The molecule has 0 spiro atoms. The standard InChI is InChI=1S/C9H13N3O3S2/c1-10(2)9(16)17-5-6(13)11(3)8(15)12(4)7(5)14/h13H,1-4H3. The Bertz CT molecular complexity index is 574. The molecule has 0 bridgehead atoms. The molecular weight excluding hydrogens is 262 g/mol. The third-order valence-corrected chi connectivity index (χ3v) is 3.86. The molecule has 94 valence electrons. The van der Waals surface area contributed by atoms with Crippen molar-refractivity contribution in [3.05, 3.63) is 20.8 Å². The van der Waals surface area contributed by atoms with E-state index in [-0.39, 0.29) is 10.8 Å². The number of aromatic nitrogens is 2. The molecule has 1 aromatic heterocycles. The van der Waals surface area contributed by atoms with Crippen molar-refractivity contribution in [3.63, 3.8) is 0 Å². The molecule has 1 aromatic rings. The molecule has 6 nitrogen and oxygen atoms in total. The predicted molar refractivity (Wildman–Crippen MR) is 70.7 cm³/mol. The van der Waals surface area contributed by atoms with E-state index in [1.54, 1.807) is 19.0 Å². The zero-order valence-electron chi connectivity index (χ0n) is 9.92. The molecule has 0 saturated carbocycles. The van der Waals surface area contributed by atoms with Gasteiger partial charge in [-0.15, -0.1) is 0 Å². The second-order valence-corrected chi connectivity index (χ2v) is 5.27. The molecule has 1 heterocycles. The summed E-state index contributed by atoms with van der Waals surface area (Å²) in [5.74, 6) is -0.368. The summed E-state index contributed by atoms with van der Waals surface area (Å²) in [6, 6.07) is 0. The summed E-state index contributed by atoms with van der Waals surface area (Å²) in [4.78, 5) is 25.0. The van der Waals surface area contributed by atoms with Crippen molar-refractivity contribution in [1.29, 1.82) is 0 Å². The second-order valence-electron chi connectivity index (χ2n) is 3.62. The van der Waals surface area contributed by atoms with Gasteiger partial charge in [-0.3, -0.25) is 13.9 Å². The van der Waals surface area contributed by atoms with E-state index in [0.717, 1.165) is 20.9 Å². The topological polar surface area (TPSA) is 67.5 Å². The Morgan fingerprint density at radius 2 is 1.82 bits per heavy atom. The van der Waals surface area contributed by atoms with Gasteiger partial charge < -0.3 is 10.0 Å². The molecule has 0 atom stereocenters.